The molecule has 0 atom stereocenters. The molecular formula is C14H20BN3. The van der Waals surface area contributed by atoms with Crippen LogP contribution in [0.15, 0.2) is 49.1 Å². The van der Waals surface area contributed by atoms with E-state index in [-0.39, 0.29) is 5.54 Å². The summed E-state index contributed by atoms with van der Waals surface area (Å²) in [5.41, 5.74) is 2.83. The second-order valence-corrected chi connectivity index (χ2v) is 5.17. The zero-order valence-electron chi connectivity index (χ0n) is 11.6. The Morgan fingerprint density at radius 1 is 1.39 bits per heavy atom. The van der Waals surface area contributed by atoms with Crippen molar-refractivity contribution in [3.8, 4) is 0 Å². The Labute approximate surface area is 110 Å². The Bertz CT molecular complexity index is 501. The van der Waals surface area contributed by atoms with Crippen LogP contribution in [0.4, 0.5) is 0 Å². The third-order valence-corrected chi connectivity index (χ3v) is 2.48. The van der Waals surface area contributed by atoms with E-state index < -0.39 is 0 Å². The van der Waals surface area contributed by atoms with Gasteiger partial charge in [0.15, 0.2) is 0 Å². The summed E-state index contributed by atoms with van der Waals surface area (Å²) in [5, 5.41) is 8.37. The summed E-state index contributed by atoms with van der Waals surface area (Å²) in [6, 6.07) is 0. The molecular weight excluding hydrogens is 221 g/mol. The van der Waals surface area contributed by atoms with E-state index in [0.29, 0.717) is 0 Å². The van der Waals surface area contributed by atoms with Crippen LogP contribution in [0, 0.1) is 0 Å². The van der Waals surface area contributed by atoms with Gasteiger partial charge >= 0.3 is 0 Å². The highest BCUT2D eigenvalue weighted by Crippen LogP contribution is 2.18. The van der Waals surface area contributed by atoms with E-state index in [9.17, 15) is 0 Å². The van der Waals surface area contributed by atoms with Crippen LogP contribution in [0.2, 0.25) is 0 Å². The second kappa shape index (κ2) is 5.67. The highest BCUT2D eigenvalue weighted by Gasteiger charge is 2.15. The van der Waals surface area contributed by atoms with Crippen LogP contribution in [0.5, 0.6) is 0 Å². The lowest BCUT2D eigenvalue weighted by Gasteiger charge is -2.17. The fraction of sp³-hybridized carbons (Fsp3) is 0.286. The van der Waals surface area contributed by atoms with E-state index >= 15 is 0 Å². The Hall–Kier alpha value is -1.84. The molecule has 18 heavy (non-hydrogen) atoms. The van der Waals surface area contributed by atoms with Gasteiger partial charge in [0.2, 0.25) is 0 Å². The van der Waals surface area contributed by atoms with Gasteiger partial charge in [0.05, 0.1) is 11.7 Å². The van der Waals surface area contributed by atoms with Crippen molar-refractivity contribution in [2.24, 2.45) is 0 Å². The maximum absolute atomic E-state index is 4.21. The molecule has 1 aromatic rings. The fourth-order valence-electron chi connectivity index (χ4n) is 1.36. The second-order valence-electron chi connectivity index (χ2n) is 5.17. The number of nitrogens with zero attached hydrogens (tertiary/aromatic N) is 3. The van der Waals surface area contributed by atoms with E-state index in [4.69, 9.17) is 0 Å². The molecule has 0 aliphatic carbocycles. The van der Waals surface area contributed by atoms with Crippen LogP contribution in [0.1, 0.15) is 26.5 Å². The van der Waals surface area contributed by atoms with Crippen molar-refractivity contribution < 1.29 is 0 Å². The number of allylic oxidation sites excluding steroid dienone is 6. The van der Waals surface area contributed by atoms with Gasteiger partial charge in [-0.15, -0.1) is 5.10 Å². The van der Waals surface area contributed by atoms with Crippen molar-refractivity contribution in [1.82, 2.24) is 15.0 Å². The van der Waals surface area contributed by atoms with Gasteiger partial charge < -0.3 is 0 Å². The first-order valence-corrected chi connectivity index (χ1v) is 5.95. The van der Waals surface area contributed by atoms with Crippen molar-refractivity contribution in [3.63, 3.8) is 0 Å². The van der Waals surface area contributed by atoms with Crippen LogP contribution in [0.3, 0.4) is 0 Å². The van der Waals surface area contributed by atoms with E-state index in [1.807, 2.05) is 37.0 Å². The SMILES string of the molecule is B/C(C=C)=C/C(=C\C=C)c1cn(C(C)(C)C)nn1. The quantitative estimate of drug-likeness (QED) is 0.598. The molecule has 0 aromatic carbocycles. The number of rotatable bonds is 4. The van der Waals surface area contributed by atoms with E-state index in [1.54, 1.807) is 6.08 Å². The monoisotopic (exact) mass is 241 g/mol. The van der Waals surface area contributed by atoms with Gasteiger partial charge in [0.1, 0.15) is 13.5 Å². The maximum atomic E-state index is 4.21. The number of hydrogen-bond donors (Lipinski definition) is 0. The zero-order valence-corrected chi connectivity index (χ0v) is 11.6. The lowest BCUT2D eigenvalue weighted by Crippen LogP contribution is -2.22. The van der Waals surface area contributed by atoms with Crippen molar-refractivity contribution >= 4 is 13.4 Å². The summed E-state index contributed by atoms with van der Waals surface area (Å²) in [4.78, 5) is 0. The summed E-state index contributed by atoms with van der Waals surface area (Å²) in [5.74, 6) is 0. The molecule has 0 radical (unpaired) electrons. The molecule has 0 saturated heterocycles. The molecule has 0 saturated carbocycles. The molecule has 94 valence electrons. The summed E-state index contributed by atoms with van der Waals surface area (Å²) < 4.78 is 1.86. The van der Waals surface area contributed by atoms with Crippen LogP contribution >= 0.6 is 0 Å². The Morgan fingerprint density at radius 2 is 2.06 bits per heavy atom. The summed E-state index contributed by atoms with van der Waals surface area (Å²) in [7, 11) is 2.00. The molecule has 0 aliphatic rings. The number of aromatic nitrogens is 3. The molecule has 0 aliphatic heterocycles. The van der Waals surface area contributed by atoms with Crippen LogP contribution in [-0.2, 0) is 5.54 Å². The molecule has 4 heteroatoms. The Balaban J connectivity index is 3.17. The van der Waals surface area contributed by atoms with Crippen molar-refractivity contribution in [3.05, 3.63) is 54.8 Å². The standard InChI is InChI=1S/C14H20BN3/c1-6-8-11(9-12(15)7-2)13-10-18(17-16-13)14(3,4)5/h6-10H,1-2,15H2,3-5H3/b11-8+,12-9+. The lowest BCUT2D eigenvalue weighted by atomic mass is 9.93. The Morgan fingerprint density at radius 3 is 2.50 bits per heavy atom. The summed E-state index contributed by atoms with van der Waals surface area (Å²) in [6.07, 6.45) is 9.45. The van der Waals surface area contributed by atoms with Gasteiger partial charge in [0.25, 0.3) is 0 Å². The fourth-order valence-corrected chi connectivity index (χ4v) is 1.36. The third kappa shape index (κ3) is 3.59. The zero-order chi connectivity index (χ0) is 13.8. The average molecular weight is 241 g/mol. The largest absolute Gasteiger partial charge is 0.247 e. The molecule has 1 rings (SSSR count). The van der Waals surface area contributed by atoms with Gasteiger partial charge in [0, 0.05) is 5.57 Å². The van der Waals surface area contributed by atoms with Gasteiger partial charge in [-0.1, -0.05) is 48.1 Å². The van der Waals surface area contributed by atoms with Gasteiger partial charge in [-0.3, -0.25) is 0 Å². The van der Waals surface area contributed by atoms with Crippen LogP contribution in [0.25, 0.3) is 5.57 Å². The predicted molar refractivity (Wildman–Crippen MR) is 80.0 cm³/mol. The average Bonchev–Trinajstić information content (AvgIpc) is 2.77. The van der Waals surface area contributed by atoms with Crippen molar-refractivity contribution in [2.45, 2.75) is 26.3 Å². The van der Waals surface area contributed by atoms with Gasteiger partial charge in [-0.2, -0.15) is 0 Å². The number of hydrogen-bond acceptors (Lipinski definition) is 2. The normalized spacial score (nSPS) is 13.5. The molecule has 3 nitrogen and oxygen atoms in total. The topological polar surface area (TPSA) is 30.7 Å². The lowest BCUT2D eigenvalue weighted by molar-refractivity contribution is 0.347. The molecule has 0 fully saturated rings. The summed E-state index contributed by atoms with van der Waals surface area (Å²) in [6.45, 7) is 13.7. The molecule has 0 spiro atoms. The summed E-state index contributed by atoms with van der Waals surface area (Å²) >= 11 is 0. The van der Waals surface area contributed by atoms with Gasteiger partial charge in [-0.05, 0) is 20.8 Å². The Kier molecular flexibility index (Phi) is 4.48. The minimum Gasteiger partial charge on any atom is -0.247 e. The maximum Gasteiger partial charge on any atom is 0.139 e. The molecule has 1 aromatic heterocycles. The van der Waals surface area contributed by atoms with E-state index in [0.717, 1.165) is 16.7 Å². The van der Waals surface area contributed by atoms with Gasteiger partial charge in [-0.25, -0.2) is 4.68 Å². The van der Waals surface area contributed by atoms with E-state index in [2.05, 4.69) is 44.2 Å². The first-order valence-electron chi connectivity index (χ1n) is 5.95. The molecule has 0 amide bonds. The predicted octanol–water partition coefficient (Wildman–Crippen LogP) is 2.31. The van der Waals surface area contributed by atoms with E-state index in [1.165, 1.54) is 0 Å². The highest BCUT2D eigenvalue weighted by atomic mass is 15.4. The minimum absolute atomic E-state index is 0.0677. The van der Waals surface area contributed by atoms with Crippen molar-refractivity contribution in [2.75, 3.05) is 0 Å². The molecule has 0 unspecified atom stereocenters. The minimum atomic E-state index is -0.0677. The third-order valence-electron chi connectivity index (χ3n) is 2.48. The van der Waals surface area contributed by atoms with Crippen LogP contribution in [-0.4, -0.2) is 22.8 Å². The molecule has 1 heterocycles. The first kappa shape index (κ1) is 14.2. The molecule has 0 N–H and O–H groups in total. The smallest absolute Gasteiger partial charge is 0.139 e. The highest BCUT2D eigenvalue weighted by molar-refractivity contribution is 6.24. The van der Waals surface area contributed by atoms with Crippen molar-refractivity contribution in [1.29, 1.82) is 0 Å². The molecule has 0 bridgehead atoms. The van der Waals surface area contributed by atoms with Crippen LogP contribution < -0.4 is 0 Å². The first-order chi connectivity index (χ1) is 8.38.